The molecule has 1 N–H and O–H groups in total. The molecule has 1 aromatic carbocycles. The van der Waals surface area contributed by atoms with Crippen molar-refractivity contribution in [2.45, 2.75) is 25.8 Å². The molecule has 0 saturated carbocycles. The molecule has 1 saturated heterocycles. The number of alkyl halides is 1. The minimum atomic E-state index is -0.246. The lowest BCUT2D eigenvalue weighted by Gasteiger charge is -2.35. The molecule has 19 heavy (non-hydrogen) atoms. The van der Waals surface area contributed by atoms with Crippen molar-refractivity contribution >= 4 is 12.4 Å². The highest BCUT2D eigenvalue weighted by atomic mass is 35.5. The van der Waals surface area contributed by atoms with Gasteiger partial charge in [0.2, 0.25) is 0 Å². The van der Waals surface area contributed by atoms with Gasteiger partial charge in [-0.1, -0.05) is 31.2 Å². The monoisotopic (exact) mass is 286 g/mol. The molecule has 0 aromatic heterocycles. The summed E-state index contributed by atoms with van der Waals surface area (Å²) in [6.07, 6.45) is 1.66. The summed E-state index contributed by atoms with van der Waals surface area (Å²) in [5.74, 6) is 0. The van der Waals surface area contributed by atoms with Crippen molar-refractivity contribution in [2.75, 3.05) is 32.9 Å². The van der Waals surface area contributed by atoms with Gasteiger partial charge in [0.05, 0.1) is 6.67 Å². The molecular weight excluding hydrogens is 263 g/mol. The number of benzene rings is 1. The highest BCUT2D eigenvalue weighted by Crippen LogP contribution is 2.25. The highest BCUT2D eigenvalue weighted by molar-refractivity contribution is 5.85. The first-order valence-electron chi connectivity index (χ1n) is 6.94. The summed E-state index contributed by atoms with van der Waals surface area (Å²) < 4.78 is 12.8. The molecule has 4 heteroatoms. The van der Waals surface area contributed by atoms with Gasteiger partial charge < -0.3 is 5.32 Å². The van der Waals surface area contributed by atoms with Crippen LogP contribution < -0.4 is 5.32 Å². The predicted octanol–water partition coefficient (Wildman–Crippen LogP) is 2.98. The number of rotatable bonds is 5. The first-order valence-corrected chi connectivity index (χ1v) is 6.94. The summed E-state index contributed by atoms with van der Waals surface area (Å²) in [5, 5.41) is 3.35. The molecule has 1 fully saturated rings. The smallest absolute Gasteiger partial charge is 0.0912 e. The average Bonchev–Trinajstić information content (AvgIpc) is 2.46. The standard InChI is InChI=1S/C15H23FN2.ClH/c1-2-13-3-5-14(6-4-13)15(7-8-16)18-11-9-17-10-12-18;/h3-6,15,17H,2,7-12H2,1H3;1H/t15-;/m1./s1. The summed E-state index contributed by atoms with van der Waals surface area (Å²) in [7, 11) is 0. The van der Waals surface area contributed by atoms with Gasteiger partial charge in [0.15, 0.2) is 0 Å². The van der Waals surface area contributed by atoms with Gasteiger partial charge in [-0.3, -0.25) is 9.29 Å². The third-order valence-corrected chi connectivity index (χ3v) is 3.75. The number of nitrogens with zero attached hydrogens (tertiary/aromatic N) is 1. The van der Waals surface area contributed by atoms with Crippen molar-refractivity contribution < 1.29 is 4.39 Å². The number of halogens is 2. The van der Waals surface area contributed by atoms with Gasteiger partial charge in [-0.2, -0.15) is 0 Å². The van der Waals surface area contributed by atoms with E-state index in [9.17, 15) is 4.39 Å². The molecule has 1 aliphatic rings. The van der Waals surface area contributed by atoms with E-state index in [2.05, 4.69) is 41.4 Å². The zero-order valence-corrected chi connectivity index (χ0v) is 12.4. The molecule has 1 aliphatic heterocycles. The van der Waals surface area contributed by atoms with E-state index in [4.69, 9.17) is 0 Å². The van der Waals surface area contributed by atoms with Crippen molar-refractivity contribution in [3.63, 3.8) is 0 Å². The minimum absolute atomic E-state index is 0. The second-order valence-corrected chi connectivity index (χ2v) is 4.87. The maximum absolute atomic E-state index is 12.8. The maximum atomic E-state index is 12.8. The molecule has 0 amide bonds. The number of hydrogen-bond donors (Lipinski definition) is 1. The Balaban J connectivity index is 0.00000180. The second-order valence-electron chi connectivity index (χ2n) is 4.87. The van der Waals surface area contributed by atoms with E-state index in [-0.39, 0.29) is 25.1 Å². The number of piperazine rings is 1. The van der Waals surface area contributed by atoms with Gasteiger partial charge in [-0.05, 0) is 24.0 Å². The Morgan fingerprint density at radius 1 is 1.21 bits per heavy atom. The predicted molar refractivity (Wildman–Crippen MR) is 80.8 cm³/mol. The van der Waals surface area contributed by atoms with Crippen LogP contribution in [-0.4, -0.2) is 37.8 Å². The summed E-state index contributed by atoms with van der Waals surface area (Å²) in [5.41, 5.74) is 2.60. The maximum Gasteiger partial charge on any atom is 0.0912 e. The van der Waals surface area contributed by atoms with Crippen molar-refractivity contribution in [3.05, 3.63) is 35.4 Å². The zero-order chi connectivity index (χ0) is 12.8. The van der Waals surface area contributed by atoms with E-state index in [0.717, 1.165) is 32.6 Å². The Hall–Kier alpha value is -0.640. The number of aryl methyl sites for hydroxylation is 1. The van der Waals surface area contributed by atoms with Gasteiger partial charge in [0.1, 0.15) is 0 Å². The molecule has 1 heterocycles. The topological polar surface area (TPSA) is 15.3 Å². The van der Waals surface area contributed by atoms with Crippen LogP contribution >= 0.6 is 12.4 Å². The Bertz CT molecular complexity index is 350. The summed E-state index contributed by atoms with van der Waals surface area (Å²) in [6.45, 7) is 5.96. The van der Waals surface area contributed by atoms with Crippen LogP contribution in [0.5, 0.6) is 0 Å². The van der Waals surface area contributed by atoms with Crippen LogP contribution in [0.25, 0.3) is 0 Å². The fourth-order valence-electron chi connectivity index (χ4n) is 2.63. The fraction of sp³-hybridized carbons (Fsp3) is 0.600. The van der Waals surface area contributed by atoms with Crippen LogP contribution in [0.15, 0.2) is 24.3 Å². The van der Waals surface area contributed by atoms with Crippen LogP contribution in [0, 0.1) is 0 Å². The highest BCUT2D eigenvalue weighted by Gasteiger charge is 2.21. The van der Waals surface area contributed by atoms with Crippen molar-refractivity contribution in [1.82, 2.24) is 10.2 Å². The molecule has 1 aromatic rings. The zero-order valence-electron chi connectivity index (χ0n) is 11.6. The Morgan fingerprint density at radius 2 is 1.84 bits per heavy atom. The molecule has 1 atom stereocenters. The molecule has 0 bridgehead atoms. The lowest BCUT2D eigenvalue weighted by Crippen LogP contribution is -2.45. The third kappa shape index (κ3) is 4.44. The van der Waals surface area contributed by atoms with Gasteiger partial charge in [-0.25, -0.2) is 0 Å². The van der Waals surface area contributed by atoms with Crippen LogP contribution in [0.4, 0.5) is 4.39 Å². The van der Waals surface area contributed by atoms with Gasteiger partial charge in [0, 0.05) is 32.2 Å². The van der Waals surface area contributed by atoms with Crippen LogP contribution in [-0.2, 0) is 6.42 Å². The van der Waals surface area contributed by atoms with Gasteiger partial charge >= 0.3 is 0 Å². The quantitative estimate of drug-likeness (QED) is 0.895. The van der Waals surface area contributed by atoms with Gasteiger partial charge in [-0.15, -0.1) is 12.4 Å². The molecule has 2 nitrogen and oxygen atoms in total. The molecule has 2 rings (SSSR count). The van der Waals surface area contributed by atoms with Crippen molar-refractivity contribution in [3.8, 4) is 0 Å². The number of hydrogen-bond acceptors (Lipinski definition) is 2. The summed E-state index contributed by atoms with van der Waals surface area (Å²) in [6, 6.07) is 8.91. The van der Waals surface area contributed by atoms with E-state index < -0.39 is 0 Å². The number of nitrogens with one attached hydrogen (secondary N) is 1. The van der Waals surface area contributed by atoms with Gasteiger partial charge in [0.25, 0.3) is 0 Å². The second kappa shape index (κ2) is 8.51. The SMILES string of the molecule is CCc1ccc([C@@H](CCF)N2CCNCC2)cc1.Cl. The Labute approximate surface area is 121 Å². The van der Waals surface area contributed by atoms with Crippen LogP contribution in [0.3, 0.4) is 0 Å². The van der Waals surface area contributed by atoms with E-state index in [1.807, 2.05) is 0 Å². The molecule has 0 spiro atoms. The fourth-order valence-corrected chi connectivity index (χ4v) is 2.63. The first kappa shape index (κ1) is 16.4. The Morgan fingerprint density at radius 3 is 2.37 bits per heavy atom. The lowest BCUT2D eigenvalue weighted by molar-refractivity contribution is 0.157. The first-order chi connectivity index (χ1) is 8.85. The van der Waals surface area contributed by atoms with E-state index in [1.54, 1.807) is 0 Å². The average molecular weight is 287 g/mol. The summed E-state index contributed by atoms with van der Waals surface area (Å²) >= 11 is 0. The normalized spacial score (nSPS) is 17.8. The lowest BCUT2D eigenvalue weighted by atomic mass is 9.99. The van der Waals surface area contributed by atoms with Crippen molar-refractivity contribution in [1.29, 1.82) is 0 Å². The molecular formula is C15H24ClFN2. The molecule has 0 unspecified atom stereocenters. The van der Waals surface area contributed by atoms with E-state index in [1.165, 1.54) is 11.1 Å². The van der Waals surface area contributed by atoms with E-state index in [0.29, 0.717) is 6.42 Å². The van der Waals surface area contributed by atoms with Crippen LogP contribution in [0.2, 0.25) is 0 Å². The minimum Gasteiger partial charge on any atom is -0.314 e. The van der Waals surface area contributed by atoms with Crippen molar-refractivity contribution in [2.24, 2.45) is 0 Å². The van der Waals surface area contributed by atoms with E-state index >= 15 is 0 Å². The largest absolute Gasteiger partial charge is 0.314 e. The molecule has 0 aliphatic carbocycles. The Kier molecular flexibility index (Phi) is 7.36. The molecule has 108 valence electrons. The summed E-state index contributed by atoms with van der Waals surface area (Å²) in [4.78, 5) is 2.40. The van der Waals surface area contributed by atoms with Crippen LogP contribution in [0.1, 0.15) is 30.5 Å². The molecule has 0 radical (unpaired) electrons. The third-order valence-electron chi connectivity index (χ3n) is 3.75.